The highest BCUT2D eigenvalue weighted by Gasteiger charge is 2.13. The number of aryl methyl sites for hydroxylation is 1. The Balaban J connectivity index is 2.54. The first kappa shape index (κ1) is 10.8. The van der Waals surface area contributed by atoms with Crippen LogP contribution < -0.4 is 5.32 Å². The average Bonchev–Trinajstić information content (AvgIpc) is 2.57. The first-order chi connectivity index (χ1) is 7.74. The van der Waals surface area contributed by atoms with Crippen LogP contribution in [0.2, 0.25) is 0 Å². The summed E-state index contributed by atoms with van der Waals surface area (Å²) in [6.07, 6.45) is 3.66. The summed E-state index contributed by atoms with van der Waals surface area (Å²) in [6.45, 7) is 2.85. The van der Waals surface area contributed by atoms with E-state index in [1.165, 1.54) is 11.3 Å². The topological polar surface area (TPSA) is 42.7 Å². The highest BCUT2D eigenvalue weighted by Crippen LogP contribution is 2.25. The van der Waals surface area contributed by atoms with Crippen LogP contribution in [0.15, 0.2) is 24.5 Å². The Hall–Kier alpha value is -1.68. The summed E-state index contributed by atoms with van der Waals surface area (Å²) in [7, 11) is 3.89. The molecule has 0 aliphatic rings. The maximum Gasteiger partial charge on any atom is 0.0843 e. The number of nitrogens with zero attached hydrogens (tertiary/aromatic N) is 3. The highest BCUT2D eigenvalue weighted by atomic mass is 15.3. The number of hydrogen-bond donors (Lipinski definition) is 1. The molecule has 1 N–H and O–H groups in total. The summed E-state index contributed by atoms with van der Waals surface area (Å²) < 4.78 is 1.91. The minimum absolute atomic E-state index is 0.770. The Morgan fingerprint density at radius 2 is 2.25 bits per heavy atom. The fourth-order valence-electron chi connectivity index (χ4n) is 1.85. The van der Waals surface area contributed by atoms with Gasteiger partial charge in [-0.3, -0.25) is 9.67 Å². The van der Waals surface area contributed by atoms with E-state index in [1.54, 1.807) is 6.20 Å². The maximum absolute atomic E-state index is 4.50. The van der Waals surface area contributed by atoms with Gasteiger partial charge in [0.15, 0.2) is 0 Å². The Bertz CT molecular complexity index is 473. The molecule has 84 valence electrons. The molecule has 0 saturated carbocycles. The van der Waals surface area contributed by atoms with Crippen LogP contribution in [0.5, 0.6) is 0 Å². The Labute approximate surface area is 95.3 Å². The first-order valence-electron chi connectivity index (χ1n) is 5.31. The van der Waals surface area contributed by atoms with Gasteiger partial charge < -0.3 is 5.32 Å². The lowest BCUT2D eigenvalue weighted by Crippen LogP contribution is -2.07. The second kappa shape index (κ2) is 4.45. The van der Waals surface area contributed by atoms with Crippen LogP contribution >= 0.6 is 0 Å². The molecule has 2 aromatic heterocycles. The number of aromatic nitrogens is 3. The fraction of sp³-hybridized carbons (Fsp3) is 0.333. The smallest absolute Gasteiger partial charge is 0.0843 e. The van der Waals surface area contributed by atoms with Crippen LogP contribution in [0.25, 0.3) is 11.1 Å². The summed E-state index contributed by atoms with van der Waals surface area (Å²) >= 11 is 0. The van der Waals surface area contributed by atoms with Crippen LogP contribution in [0.1, 0.15) is 11.4 Å². The Morgan fingerprint density at radius 3 is 2.88 bits per heavy atom. The first-order valence-corrected chi connectivity index (χ1v) is 5.31. The van der Waals surface area contributed by atoms with Crippen molar-refractivity contribution < 1.29 is 0 Å². The van der Waals surface area contributed by atoms with Crippen LogP contribution in [0.3, 0.4) is 0 Å². The standard InChI is InChI=1S/C12H16N4/c1-9-12(10-5-4-6-14-7-10)11(8-13-2)15-16(9)3/h4-7,13H,8H2,1-3H3. The van der Waals surface area contributed by atoms with E-state index in [0.29, 0.717) is 0 Å². The van der Waals surface area contributed by atoms with E-state index in [0.717, 1.165) is 17.8 Å². The van der Waals surface area contributed by atoms with E-state index in [-0.39, 0.29) is 0 Å². The van der Waals surface area contributed by atoms with Crippen LogP contribution in [-0.2, 0) is 13.6 Å². The zero-order valence-corrected chi connectivity index (χ0v) is 9.86. The van der Waals surface area contributed by atoms with Gasteiger partial charge in [0.2, 0.25) is 0 Å². The normalized spacial score (nSPS) is 10.7. The SMILES string of the molecule is CNCc1nn(C)c(C)c1-c1cccnc1. The number of pyridine rings is 1. The van der Waals surface area contributed by atoms with Gasteiger partial charge in [-0.2, -0.15) is 5.10 Å². The molecule has 4 nitrogen and oxygen atoms in total. The zero-order chi connectivity index (χ0) is 11.5. The van der Waals surface area contributed by atoms with Crippen molar-refractivity contribution in [2.45, 2.75) is 13.5 Å². The average molecular weight is 216 g/mol. The predicted molar refractivity (Wildman–Crippen MR) is 63.9 cm³/mol. The van der Waals surface area contributed by atoms with Gasteiger partial charge in [0.1, 0.15) is 0 Å². The molecular weight excluding hydrogens is 200 g/mol. The largest absolute Gasteiger partial charge is 0.314 e. The van der Waals surface area contributed by atoms with E-state index >= 15 is 0 Å². The van der Waals surface area contributed by atoms with Crippen molar-refractivity contribution in [3.8, 4) is 11.1 Å². The maximum atomic E-state index is 4.50. The predicted octanol–water partition coefficient (Wildman–Crippen LogP) is 1.51. The van der Waals surface area contributed by atoms with Gasteiger partial charge in [0.25, 0.3) is 0 Å². The Morgan fingerprint density at radius 1 is 1.44 bits per heavy atom. The Kier molecular flexibility index (Phi) is 3.01. The molecule has 0 unspecified atom stereocenters. The van der Waals surface area contributed by atoms with Crippen molar-refractivity contribution in [3.63, 3.8) is 0 Å². The van der Waals surface area contributed by atoms with E-state index < -0.39 is 0 Å². The van der Waals surface area contributed by atoms with Crippen molar-refractivity contribution in [2.24, 2.45) is 7.05 Å². The van der Waals surface area contributed by atoms with Crippen molar-refractivity contribution in [1.29, 1.82) is 0 Å². The van der Waals surface area contributed by atoms with E-state index in [4.69, 9.17) is 0 Å². The third-order valence-electron chi connectivity index (χ3n) is 2.70. The number of nitrogens with one attached hydrogen (secondary N) is 1. The minimum atomic E-state index is 0.770. The molecule has 0 amide bonds. The van der Waals surface area contributed by atoms with Crippen molar-refractivity contribution in [2.75, 3.05) is 7.05 Å². The van der Waals surface area contributed by atoms with Crippen LogP contribution in [0, 0.1) is 6.92 Å². The highest BCUT2D eigenvalue weighted by molar-refractivity contribution is 5.67. The molecule has 2 heterocycles. The summed E-state index contributed by atoms with van der Waals surface area (Å²) in [6, 6.07) is 4.01. The van der Waals surface area contributed by atoms with Gasteiger partial charge in [0.05, 0.1) is 5.69 Å². The summed E-state index contributed by atoms with van der Waals surface area (Å²) in [4.78, 5) is 4.16. The second-order valence-corrected chi connectivity index (χ2v) is 3.80. The monoisotopic (exact) mass is 216 g/mol. The van der Waals surface area contributed by atoms with Gasteiger partial charge >= 0.3 is 0 Å². The molecule has 0 aromatic carbocycles. The molecule has 0 saturated heterocycles. The molecule has 0 aliphatic carbocycles. The van der Waals surface area contributed by atoms with Crippen LogP contribution in [0.4, 0.5) is 0 Å². The lowest BCUT2D eigenvalue weighted by Gasteiger charge is -2.03. The molecule has 0 spiro atoms. The summed E-state index contributed by atoms with van der Waals surface area (Å²) in [5.41, 5.74) is 4.54. The molecule has 4 heteroatoms. The second-order valence-electron chi connectivity index (χ2n) is 3.80. The van der Waals surface area contributed by atoms with E-state index in [9.17, 15) is 0 Å². The van der Waals surface area contributed by atoms with E-state index in [1.807, 2.05) is 31.0 Å². The molecule has 2 rings (SSSR count). The van der Waals surface area contributed by atoms with Gasteiger partial charge in [-0.05, 0) is 20.0 Å². The third kappa shape index (κ3) is 1.84. The lowest BCUT2D eigenvalue weighted by atomic mass is 10.1. The minimum Gasteiger partial charge on any atom is -0.314 e. The quantitative estimate of drug-likeness (QED) is 0.845. The molecule has 0 atom stereocenters. The van der Waals surface area contributed by atoms with Gasteiger partial charge in [0, 0.05) is 42.8 Å². The molecule has 0 radical (unpaired) electrons. The van der Waals surface area contributed by atoms with Gasteiger partial charge in [-0.15, -0.1) is 0 Å². The van der Waals surface area contributed by atoms with Gasteiger partial charge in [-0.1, -0.05) is 6.07 Å². The van der Waals surface area contributed by atoms with Crippen molar-refractivity contribution in [3.05, 3.63) is 35.9 Å². The summed E-state index contributed by atoms with van der Waals surface area (Å²) in [5.74, 6) is 0. The molecule has 2 aromatic rings. The summed E-state index contributed by atoms with van der Waals surface area (Å²) in [5, 5.41) is 7.64. The number of hydrogen-bond acceptors (Lipinski definition) is 3. The molecule has 0 fully saturated rings. The van der Waals surface area contributed by atoms with Crippen molar-refractivity contribution >= 4 is 0 Å². The third-order valence-corrected chi connectivity index (χ3v) is 2.70. The van der Waals surface area contributed by atoms with Crippen molar-refractivity contribution in [1.82, 2.24) is 20.1 Å². The van der Waals surface area contributed by atoms with Crippen LogP contribution in [-0.4, -0.2) is 21.8 Å². The molecule has 0 bridgehead atoms. The molecular formula is C12H16N4. The van der Waals surface area contributed by atoms with Gasteiger partial charge in [-0.25, -0.2) is 0 Å². The number of rotatable bonds is 3. The molecule has 16 heavy (non-hydrogen) atoms. The molecule has 0 aliphatic heterocycles. The lowest BCUT2D eigenvalue weighted by molar-refractivity contribution is 0.698. The zero-order valence-electron chi connectivity index (χ0n) is 9.86. The van der Waals surface area contributed by atoms with E-state index in [2.05, 4.69) is 28.4 Å². The fourth-order valence-corrected chi connectivity index (χ4v) is 1.85.